The molecule has 4 fully saturated rings. The number of hydrogen-bond donors (Lipinski definition) is 3. The molecule has 3 aromatic rings. The molecule has 0 aliphatic heterocycles. The summed E-state index contributed by atoms with van der Waals surface area (Å²) in [6, 6.07) is 10.2. The third-order valence-electron chi connectivity index (χ3n) is 7.70. The Morgan fingerprint density at radius 1 is 1.00 bits per heavy atom. The number of furan rings is 1. The number of amides is 1. The number of carbonyl (C=O) groups excluding carboxylic acids is 1. The minimum absolute atomic E-state index is 0.0490. The number of hydrogen-bond acceptors (Lipinski definition) is 6. The van der Waals surface area contributed by atoms with E-state index in [4.69, 9.17) is 8.83 Å². The molecule has 7 rings (SSSR count). The van der Waals surface area contributed by atoms with Crippen LogP contribution in [0.4, 0.5) is 0 Å². The lowest BCUT2D eigenvalue weighted by molar-refractivity contribution is -0.120. The fourth-order valence-corrected chi connectivity index (χ4v) is 6.69. The van der Waals surface area contributed by atoms with Crippen molar-refractivity contribution in [1.82, 2.24) is 5.32 Å². The zero-order valence-corrected chi connectivity index (χ0v) is 18.9. The van der Waals surface area contributed by atoms with Crippen LogP contribution in [-0.4, -0.2) is 17.1 Å². The zero-order valence-electron chi connectivity index (χ0n) is 18.0. The van der Waals surface area contributed by atoms with E-state index in [2.05, 4.69) is 17.9 Å². The van der Waals surface area contributed by atoms with Crippen molar-refractivity contribution in [2.45, 2.75) is 38.1 Å². The molecular formula is C26H25NO5S. The maximum absolute atomic E-state index is 12.9. The van der Waals surface area contributed by atoms with Crippen LogP contribution in [0.25, 0.3) is 28.4 Å². The molecule has 1 amide bonds. The summed E-state index contributed by atoms with van der Waals surface area (Å²) in [4.78, 5) is 25.6. The SMILES string of the molecule is O=C(NC1C2CC3CC(C2)CC1C3)/C(S)=C/c1ccc(-c2c(O)c3ccccc3oc2=O)o1. The minimum Gasteiger partial charge on any atom is -0.506 e. The molecule has 170 valence electrons. The Morgan fingerprint density at radius 2 is 1.70 bits per heavy atom. The van der Waals surface area contributed by atoms with Crippen molar-refractivity contribution in [2.75, 3.05) is 0 Å². The van der Waals surface area contributed by atoms with E-state index >= 15 is 0 Å². The van der Waals surface area contributed by atoms with E-state index in [0.29, 0.717) is 28.6 Å². The van der Waals surface area contributed by atoms with Crippen LogP contribution in [0.15, 0.2) is 54.9 Å². The second kappa shape index (κ2) is 7.83. The fourth-order valence-electron chi connectivity index (χ4n) is 6.50. The van der Waals surface area contributed by atoms with Crippen LogP contribution >= 0.6 is 12.6 Å². The normalized spacial score (nSPS) is 28.4. The third kappa shape index (κ3) is 3.59. The highest BCUT2D eigenvalue weighted by atomic mass is 32.1. The first kappa shape index (κ1) is 20.7. The summed E-state index contributed by atoms with van der Waals surface area (Å²) in [5, 5.41) is 14.3. The summed E-state index contributed by atoms with van der Waals surface area (Å²) in [6.45, 7) is 0. The number of fused-ring (bicyclic) bond motifs is 1. The zero-order chi connectivity index (χ0) is 22.7. The Hall–Kier alpha value is -2.93. The van der Waals surface area contributed by atoms with Crippen LogP contribution < -0.4 is 10.9 Å². The molecule has 0 spiro atoms. The monoisotopic (exact) mass is 463 g/mol. The number of aromatic hydroxyl groups is 1. The van der Waals surface area contributed by atoms with Crippen molar-refractivity contribution in [3.8, 4) is 17.1 Å². The van der Waals surface area contributed by atoms with Crippen LogP contribution in [0.3, 0.4) is 0 Å². The van der Waals surface area contributed by atoms with Gasteiger partial charge in [0, 0.05) is 6.04 Å². The van der Waals surface area contributed by atoms with Gasteiger partial charge in [-0.15, -0.1) is 12.6 Å². The van der Waals surface area contributed by atoms with Crippen LogP contribution in [0.1, 0.15) is 37.9 Å². The number of thiol groups is 1. The Balaban J connectivity index is 1.22. The molecule has 4 saturated carbocycles. The highest BCUT2D eigenvalue weighted by Crippen LogP contribution is 2.53. The van der Waals surface area contributed by atoms with Crippen LogP contribution in [0.5, 0.6) is 5.75 Å². The minimum atomic E-state index is -0.693. The number of carbonyl (C=O) groups is 1. The summed E-state index contributed by atoms with van der Waals surface area (Å²) >= 11 is 4.41. The lowest BCUT2D eigenvalue weighted by Crippen LogP contribution is -2.55. The molecule has 0 radical (unpaired) electrons. The lowest BCUT2D eigenvalue weighted by Gasteiger charge is -2.54. The Labute approximate surface area is 196 Å². The van der Waals surface area contributed by atoms with Gasteiger partial charge in [0.15, 0.2) is 0 Å². The Bertz CT molecular complexity index is 1310. The number of rotatable bonds is 4. The number of nitrogens with one attached hydrogen (secondary N) is 1. The maximum Gasteiger partial charge on any atom is 0.351 e. The predicted octanol–water partition coefficient (Wildman–Crippen LogP) is 4.97. The molecule has 0 atom stereocenters. The van der Waals surface area contributed by atoms with E-state index in [1.54, 1.807) is 36.4 Å². The van der Waals surface area contributed by atoms with Gasteiger partial charge in [0.25, 0.3) is 5.91 Å². The Kier molecular flexibility index (Phi) is 4.91. The molecule has 2 aromatic heterocycles. The van der Waals surface area contributed by atoms with Crippen LogP contribution in [0.2, 0.25) is 0 Å². The first-order chi connectivity index (χ1) is 16.0. The maximum atomic E-state index is 12.9. The third-order valence-corrected chi connectivity index (χ3v) is 8.03. The number of benzene rings is 1. The van der Waals surface area contributed by atoms with Gasteiger partial charge < -0.3 is 19.3 Å². The number of para-hydroxylation sites is 1. The largest absolute Gasteiger partial charge is 0.506 e. The topological polar surface area (TPSA) is 92.7 Å². The van der Waals surface area contributed by atoms with E-state index in [9.17, 15) is 14.7 Å². The summed E-state index contributed by atoms with van der Waals surface area (Å²) < 4.78 is 11.1. The van der Waals surface area contributed by atoms with Crippen molar-refractivity contribution in [3.63, 3.8) is 0 Å². The van der Waals surface area contributed by atoms with Gasteiger partial charge in [-0.25, -0.2) is 4.79 Å². The average Bonchev–Trinajstić information content (AvgIpc) is 3.23. The molecule has 4 bridgehead atoms. The standard InChI is InChI=1S/C26H25NO5S/c28-24-18-3-1-2-4-19(18)32-26(30)22(24)20-6-5-17(31-20)12-21(33)25(29)27-23-15-8-13-7-14(10-15)11-16(23)9-13/h1-6,12-16,23,28,33H,7-11H2,(H,27,29)/b21-12-. The van der Waals surface area contributed by atoms with Gasteiger partial charge in [0.2, 0.25) is 0 Å². The average molecular weight is 464 g/mol. The van der Waals surface area contributed by atoms with Gasteiger partial charge in [-0.05, 0) is 86.1 Å². The molecule has 6 nitrogen and oxygen atoms in total. The van der Waals surface area contributed by atoms with Crippen molar-refractivity contribution >= 4 is 35.6 Å². The molecule has 2 N–H and O–H groups in total. The van der Waals surface area contributed by atoms with Gasteiger partial charge >= 0.3 is 5.63 Å². The van der Waals surface area contributed by atoms with Crippen molar-refractivity contribution in [1.29, 1.82) is 0 Å². The molecule has 0 unspecified atom stereocenters. The van der Waals surface area contributed by atoms with Crippen LogP contribution in [-0.2, 0) is 4.79 Å². The molecule has 4 aliphatic carbocycles. The smallest absolute Gasteiger partial charge is 0.351 e. The second-order valence-electron chi connectivity index (χ2n) is 9.77. The molecule has 2 heterocycles. The molecule has 0 saturated heterocycles. The van der Waals surface area contributed by atoms with Gasteiger partial charge in [-0.1, -0.05) is 12.1 Å². The van der Waals surface area contributed by atoms with Gasteiger partial charge in [-0.2, -0.15) is 0 Å². The van der Waals surface area contributed by atoms with Gasteiger partial charge in [0.05, 0.1) is 10.3 Å². The first-order valence-corrected chi connectivity index (χ1v) is 12.0. The lowest BCUT2D eigenvalue weighted by atomic mass is 9.54. The summed E-state index contributed by atoms with van der Waals surface area (Å²) in [5.74, 6) is 2.98. The predicted molar refractivity (Wildman–Crippen MR) is 128 cm³/mol. The van der Waals surface area contributed by atoms with E-state index < -0.39 is 5.63 Å². The van der Waals surface area contributed by atoms with Crippen LogP contribution in [0, 0.1) is 23.7 Å². The quantitative estimate of drug-likeness (QED) is 0.289. The van der Waals surface area contributed by atoms with Gasteiger partial charge in [-0.3, -0.25) is 4.79 Å². The molecule has 33 heavy (non-hydrogen) atoms. The van der Waals surface area contributed by atoms with Crippen molar-refractivity contribution in [3.05, 3.63) is 57.5 Å². The van der Waals surface area contributed by atoms with E-state index in [1.165, 1.54) is 38.2 Å². The van der Waals surface area contributed by atoms with Gasteiger partial charge in [0.1, 0.15) is 28.4 Å². The summed E-state index contributed by atoms with van der Waals surface area (Å²) in [5.41, 5.74) is -0.441. The fraction of sp³-hybridized carbons (Fsp3) is 0.385. The van der Waals surface area contributed by atoms with E-state index in [0.717, 1.165) is 11.8 Å². The first-order valence-electron chi connectivity index (χ1n) is 11.5. The highest BCUT2D eigenvalue weighted by molar-refractivity contribution is 7.85. The molecule has 1 aromatic carbocycles. The summed E-state index contributed by atoms with van der Waals surface area (Å²) in [7, 11) is 0. The molecule has 7 heteroatoms. The second-order valence-corrected chi connectivity index (χ2v) is 10.3. The molecular weight excluding hydrogens is 438 g/mol. The van der Waals surface area contributed by atoms with Crippen molar-refractivity contribution in [2.24, 2.45) is 23.7 Å². The molecule has 4 aliphatic rings. The van der Waals surface area contributed by atoms with E-state index in [-0.39, 0.29) is 33.9 Å². The van der Waals surface area contributed by atoms with E-state index in [1.807, 2.05) is 0 Å². The Morgan fingerprint density at radius 3 is 2.42 bits per heavy atom. The highest BCUT2D eigenvalue weighted by Gasteiger charge is 2.48. The van der Waals surface area contributed by atoms with Crippen molar-refractivity contribution < 1.29 is 18.7 Å². The summed E-state index contributed by atoms with van der Waals surface area (Å²) in [6.07, 6.45) is 7.81.